The zero-order chi connectivity index (χ0) is 19.2. The average molecular weight is 377 g/mol. The fraction of sp³-hybridized carbons (Fsp3) is 0.368. The number of aromatic nitrogens is 1. The molecule has 1 aromatic heterocycles. The maximum absolute atomic E-state index is 12.5. The highest BCUT2D eigenvalue weighted by Crippen LogP contribution is 2.37. The molecule has 26 heavy (non-hydrogen) atoms. The Morgan fingerprint density at radius 1 is 1.31 bits per heavy atom. The van der Waals surface area contributed by atoms with E-state index in [0.29, 0.717) is 12.2 Å². The molecule has 0 saturated carbocycles. The first-order chi connectivity index (χ1) is 12.1. The Kier molecular flexibility index (Phi) is 4.48. The van der Waals surface area contributed by atoms with Gasteiger partial charge in [-0.2, -0.15) is 0 Å². The molecule has 1 N–H and O–H groups in total. The second-order valence-electron chi connectivity index (χ2n) is 7.19. The van der Waals surface area contributed by atoms with E-state index in [1.165, 1.54) is 12.3 Å². The molecule has 1 aliphatic rings. The number of benzene rings is 1. The van der Waals surface area contributed by atoms with Gasteiger partial charge in [-0.3, -0.25) is 9.47 Å². The summed E-state index contributed by atoms with van der Waals surface area (Å²) in [5, 5.41) is 12.2. The minimum atomic E-state index is -0.642. The molecule has 3 rings (SSSR count). The van der Waals surface area contributed by atoms with Gasteiger partial charge in [0.1, 0.15) is 11.3 Å². The smallest absolute Gasteiger partial charge is 0.343 e. The van der Waals surface area contributed by atoms with Crippen molar-refractivity contribution in [2.24, 2.45) is 0 Å². The van der Waals surface area contributed by atoms with E-state index < -0.39 is 11.4 Å². The molecule has 0 atom stereocenters. The summed E-state index contributed by atoms with van der Waals surface area (Å²) in [6.45, 7) is 8.46. The van der Waals surface area contributed by atoms with Gasteiger partial charge in [0.2, 0.25) is 0 Å². The Morgan fingerprint density at radius 3 is 2.62 bits per heavy atom. The summed E-state index contributed by atoms with van der Waals surface area (Å²) in [5.74, 6) is -0.644. The molecule has 0 amide bonds. The molecule has 1 aromatic carbocycles. The molecule has 6 nitrogen and oxygen atoms in total. The van der Waals surface area contributed by atoms with E-state index in [1.807, 2.05) is 25.8 Å². The molecule has 2 aromatic rings. The van der Waals surface area contributed by atoms with Crippen LogP contribution in [0.2, 0.25) is 5.02 Å². The SMILES string of the molecule is CCOC(=O)c1cn2c(cc1=O)-c1cc(Cl)c(O)cc1CN2C(C)(C)C. The van der Waals surface area contributed by atoms with Gasteiger partial charge in [0.05, 0.1) is 23.9 Å². The van der Waals surface area contributed by atoms with Gasteiger partial charge in [-0.05, 0) is 45.4 Å². The number of phenolic OH excluding ortho intramolecular Hbond substituents is 1. The number of carbonyl (C=O) groups excluding carboxylic acids is 1. The van der Waals surface area contributed by atoms with Crippen LogP contribution in [-0.2, 0) is 11.3 Å². The Balaban J connectivity index is 2.28. The summed E-state index contributed by atoms with van der Waals surface area (Å²) < 4.78 is 6.80. The van der Waals surface area contributed by atoms with Gasteiger partial charge in [0, 0.05) is 23.4 Å². The van der Waals surface area contributed by atoms with Gasteiger partial charge in [-0.25, -0.2) is 4.79 Å². The van der Waals surface area contributed by atoms with Crippen molar-refractivity contribution in [3.63, 3.8) is 0 Å². The number of carbonyl (C=O) groups is 1. The fourth-order valence-electron chi connectivity index (χ4n) is 3.06. The van der Waals surface area contributed by atoms with Crippen molar-refractivity contribution in [1.82, 2.24) is 4.68 Å². The van der Waals surface area contributed by atoms with Gasteiger partial charge >= 0.3 is 5.97 Å². The molecular weight excluding hydrogens is 356 g/mol. The van der Waals surface area contributed by atoms with Gasteiger partial charge in [-0.15, -0.1) is 0 Å². The van der Waals surface area contributed by atoms with Crippen LogP contribution in [0.1, 0.15) is 43.6 Å². The fourth-order valence-corrected chi connectivity index (χ4v) is 3.22. The van der Waals surface area contributed by atoms with Crippen molar-refractivity contribution in [2.75, 3.05) is 11.6 Å². The summed E-state index contributed by atoms with van der Waals surface area (Å²) >= 11 is 6.08. The second kappa shape index (κ2) is 6.36. The molecule has 0 unspecified atom stereocenters. The molecule has 0 bridgehead atoms. The van der Waals surface area contributed by atoms with E-state index in [0.717, 1.165) is 11.1 Å². The highest BCUT2D eigenvalue weighted by atomic mass is 35.5. The number of ether oxygens (including phenoxy) is 1. The maximum atomic E-state index is 12.5. The third-order valence-electron chi connectivity index (χ3n) is 4.33. The number of hydrogen-bond acceptors (Lipinski definition) is 5. The highest BCUT2D eigenvalue weighted by Gasteiger charge is 2.31. The molecule has 2 heterocycles. The molecule has 1 aliphatic heterocycles. The van der Waals surface area contributed by atoms with Crippen molar-refractivity contribution in [3.8, 4) is 17.0 Å². The van der Waals surface area contributed by atoms with Gasteiger partial charge in [-0.1, -0.05) is 11.6 Å². The number of hydrogen-bond donors (Lipinski definition) is 1. The van der Waals surface area contributed by atoms with E-state index in [4.69, 9.17) is 16.3 Å². The first kappa shape index (κ1) is 18.3. The largest absolute Gasteiger partial charge is 0.506 e. The summed E-state index contributed by atoms with van der Waals surface area (Å²) in [5.41, 5.74) is 1.48. The van der Waals surface area contributed by atoms with Crippen molar-refractivity contribution in [2.45, 2.75) is 39.8 Å². The van der Waals surface area contributed by atoms with Crippen LogP contribution in [0.5, 0.6) is 5.75 Å². The van der Waals surface area contributed by atoms with Crippen LogP contribution in [0.4, 0.5) is 0 Å². The monoisotopic (exact) mass is 376 g/mol. The predicted octanol–water partition coefficient (Wildman–Crippen LogP) is 3.30. The van der Waals surface area contributed by atoms with Gasteiger partial charge in [0.25, 0.3) is 0 Å². The molecular formula is C19H21ClN2O4. The Hall–Kier alpha value is -2.47. The maximum Gasteiger partial charge on any atom is 0.343 e. The lowest BCUT2D eigenvalue weighted by Crippen LogP contribution is -2.51. The summed E-state index contributed by atoms with van der Waals surface area (Å²) in [7, 11) is 0. The number of halogens is 1. The third-order valence-corrected chi connectivity index (χ3v) is 4.63. The van der Waals surface area contributed by atoms with Crippen LogP contribution in [-0.4, -0.2) is 27.9 Å². The molecule has 138 valence electrons. The first-order valence-electron chi connectivity index (χ1n) is 8.37. The molecule has 0 spiro atoms. The first-order valence-corrected chi connectivity index (χ1v) is 8.74. The van der Waals surface area contributed by atoms with E-state index in [-0.39, 0.29) is 28.5 Å². The highest BCUT2D eigenvalue weighted by molar-refractivity contribution is 6.32. The number of esters is 1. The number of phenols is 1. The molecule has 0 radical (unpaired) electrons. The molecule has 0 saturated heterocycles. The van der Waals surface area contributed by atoms with Crippen molar-refractivity contribution >= 4 is 17.6 Å². The lowest BCUT2D eigenvalue weighted by atomic mass is 9.97. The number of nitrogens with zero attached hydrogens (tertiary/aromatic N) is 2. The Bertz CT molecular complexity index is 944. The quantitative estimate of drug-likeness (QED) is 0.814. The van der Waals surface area contributed by atoms with Crippen LogP contribution < -0.4 is 10.4 Å². The topological polar surface area (TPSA) is 71.8 Å². The van der Waals surface area contributed by atoms with E-state index in [1.54, 1.807) is 23.7 Å². The standard InChI is InChI=1S/C19H21ClN2O4/c1-5-26-18(25)13-10-21-15(8-16(13)23)12-7-14(20)17(24)6-11(12)9-22(21)19(2,3)4/h6-8,10,24H,5,9H2,1-4H3. The number of rotatable bonds is 2. The average Bonchev–Trinajstić information content (AvgIpc) is 2.54. The minimum absolute atomic E-state index is 0.00165. The molecule has 0 fully saturated rings. The number of pyridine rings is 1. The normalized spacial score (nSPS) is 13.2. The van der Waals surface area contributed by atoms with Crippen LogP contribution in [0.15, 0.2) is 29.2 Å². The predicted molar refractivity (Wildman–Crippen MR) is 100 cm³/mol. The van der Waals surface area contributed by atoms with Crippen LogP contribution >= 0.6 is 11.6 Å². The Morgan fingerprint density at radius 2 is 2.00 bits per heavy atom. The van der Waals surface area contributed by atoms with Gasteiger partial charge < -0.3 is 14.9 Å². The summed E-state index contributed by atoms with van der Waals surface area (Å²) in [6.07, 6.45) is 1.52. The van der Waals surface area contributed by atoms with Crippen molar-refractivity contribution in [3.05, 3.63) is 50.8 Å². The van der Waals surface area contributed by atoms with Crippen LogP contribution in [0, 0.1) is 0 Å². The lowest BCUT2D eigenvalue weighted by molar-refractivity contribution is 0.0523. The van der Waals surface area contributed by atoms with Crippen molar-refractivity contribution < 1.29 is 14.6 Å². The third kappa shape index (κ3) is 3.05. The Labute approximate surface area is 156 Å². The zero-order valence-electron chi connectivity index (χ0n) is 15.2. The minimum Gasteiger partial charge on any atom is -0.506 e. The summed E-state index contributed by atoms with van der Waals surface area (Å²) in [6, 6.07) is 4.67. The zero-order valence-corrected chi connectivity index (χ0v) is 15.9. The van der Waals surface area contributed by atoms with Crippen LogP contribution in [0.25, 0.3) is 11.3 Å². The second-order valence-corrected chi connectivity index (χ2v) is 7.60. The lowest BCUT2D eigenvalue weighted by Gasteiger charge is -2.43. The van der Waals surface area contributed by atoms with E-state index in [9.17, 15) is 14.7 Å². The summed E-state index contributed by atoms with van der Waals surface area (Å²) in [4.78, 5) is 24.7. The molecule has 0 aliphatic carbocycles. The van der Waals surface area contributed by atoms with Crippen molar-refractivity contribution in [1.29, 1.82) is 0 Å². The van der Waals surface area contributed by atoms with Gasteiger partial charge in [0.15, 0.2) is 5.43 Å². The van der Waals surface area contributed by atoms with Crippen LogP contribution in [0.3, 0.4) is 0 Å². The van der Waals surface area contributed by atoms with E-state index in [2.05, 4.69) is 0 Å². The van der Waals surface area contributed by atoms with E-state index >= 15 is 0 Å². The number of aromatic hydroxyl groups is 1. The molecule has 7 heteroatoms. The number of fused-ring (bicyclic) bond motifs is 3.